The van der Waals surface area contributed by atoms with E-state index in [9.17, 15) is 0 Å². The van der Waals surface area contributed by atoms with Gasteiger partial charge in [-0.2, -0.15) is 0 Å². The molecule has 2 aliphatic rings. The van der Waals surface area contributed by atoms with Crippen molar-refractivity contribution in [2.75, 3.05) is 0 Å². The van der Waals surface area contributed by atoms with Crippen LogP contribution in [0.1, 0.15) is 65.2 Å². The minimum atomic E-state index is 0.643. The van der Waals surface area contributed by atoms with Crippen molar-refractivity contribution in [1.29, 1.82) is 0 Å². The highest BCUT2D eigenvalue weighted by Crippen LogP contribution is 2.43. The normalized spacial score (nSPS) is 37.0. The Labute approximate surface area is 103 Å². The van der Waals surface area contributed by atoms with Gasteiger partial charge in [-0.05, 0) is 68.6 Å². The first kappa shape index (κ1) is 12.0. The van der Waals surface area contributed by atoms with Gasteiger partial charge in [0.1, 0.15) is 0 Å². The van der Waals surface area contributed by atoms with Crippen LogP contribution in [0.15, 0.2) is 0 Å². The molecule has 0 bridgehead atoms. The largest absolute Gasteiger partial charge is 0.0891 e. The third-order valence-electron chi connectivity index (χ3n) is 4.60. The van der Waals surface area contributed by atoms with Gasteiger partial charge in [0.15, 0.2) is 0 Å². The summed E-state index contributed by atoms with van der Waals surface area (Å²) < 4.78 is 0. The highest BCUT2D eigenvalue weighted by atomic mass is 79.9. The lowest BCUT2D eigenvalue weighted by Crippen LogP contribution is -2.22. The van der Waals surface area contributed by atoms with Gasteiger partial charge in [-0.3, -0.25) is 0 Å². The Hall–Kier alpha value is 0.480. The number of rotatable bonds is 2. The Morgan fingerprint density at radius 3 is 2.20 bits per heavy atom. The molecule has 0 aromatic rings. The summed E-state index contributed by atoms with van der Waals surface area (Å²) in [4.78, 5) is 0.836. The van der Waals surface area contributed by atoms with Crippen molar-refractivity contribution >= 4 is 15.9 Å². The summed E-state index contributed by atoms with van der Waals surface area (Å²) in [5.74, 6) is 2.10. The Kier molecular flexibility index (Phi) is 3.80. The zero-order valence-electron chi connectivity index (χ0n) is 10.3. The molecule has 1 heteroatoms. The van der Waals surface area contributed by atoms with Crippen LogP contribution in [-0.2, 0) is 0 Å². The fourth-order valence-corrected chi connectivity index (χ4v) is 4.19. The van der Waals surface area contributed by atoms with Gasteiger partial charge in [-0.1, -0.05) is 29.8 Å². The van der Waals surface area contributed by atoms with Gasteiger partial charge >= 0.3 is 0 Å². The predicted molar refractivity (Wildman–Crippen MR) is 70.4 cm³/mol. The monoisotopic (exact) mass is 272 g/mol. The Balaban J connectivity index is 1.73. The maximum absolute atomic E-state index is 3.76. The van der Waals surface area contributed by atoms with Crippen LogP contribution in [0.3, 0.4) is 0 Å². The van der Waals surface area contributed by atoms with E-state index < -0.39 is 0 Å². The molecule has 0 heterocycles. The van der Waals surface area contributed by atoms with Crippen molar-refractivity contribution in [1.82, 2.24) is 0 Å². The molecule has 0 aliphatic heterocycles. The second kappa shape index (κ2) is 4.77. The van der Waals surface area contributed by atoms with Crippen molar-refractivity contribution in [2.45, 2.75) is 70.0 Å². The van der Waals surface area contributed by atoms with Gasteiger partial charge in [-0.25, -0.2) is 0 Å². The molecule has 0 radical (unpaired) electrons. The second-order valence-electron chi connectivity index (χ2n) is 6.62. The Bertz CT molecular complexity index is 199. The van der Waals surface area contributed by atoms with Crippen molar-refractivity contribution in [3.05, 3.63) is 0 Å². The Morgan fingerprint density at radius 1 is 1.00 bits per heavy atom. The maximum Gasteiger partial charge on any atom is 0.0148 e. The molecular formula is C14H25Br. The molecule has 2 aliphatic carbocycles. The first-order valence-corrected chi connectivity index (χ1v) is 7.61. The molecular weight excluding hydrogens is 248 g/mol. The molecule has 0 aromatic heterocycles. The zero-order chi connectivity index (χ0) is 10.9. The van der Waals surface area contributed by atoms with Crippen LogP contribution in [0.25, 0.3) is 0 Å². The van der Waals surface area contributed by atoms with Gasteiger partial charge in [0, 0.05) is 4.83 Å². The fourth-order valence-electron chi connectivity index (χ4n) is 3.39. The minimum Gasteiger partial charge on any atom is -0.0891 e. The molecule has 0 saturated heterocycles. The summed E-state index contributed by atoms with van der Waals surface area (Å²) in [6.07, 6.45) is 11.8. The van der Waals surface area contributed by atoms with E-state index in [0.29, 0.717) is 5.41 Å². The van der Waals surface area contributed by atoms with Crippen molar-refractivity contribution in [2.24, 2.45) is 17.3 Å². The van der Waals surface area contributed by atoms with Crippen molar-refractivity contribution in [3.63, 3.8) is 0 Å². The molecule has 0 amide bonds. The second-order valence-corrected chi connectivity index (χ2v) is 7.91. The van der Waals surface area contributed by atoms with E-state index in [1.54, 1.807) is 0 Å². The third-order valence-corrected chi connectivity index (χ3v) is 5.43. The van der Waals surface area contributed by atoms with E-state index in [1.165, 1.54) is 51.4 Å². The standard InChI is InChI=1S/C14H25Br/c1-14(2)7-5-11(6-8-14)9-12-3-4-13(15)10-12/h11-13H,3-10H2,1-2H3. The first-order valence-electron chi connectivity index (χ1n) is 6.69. The lowest BCUT2D eigenvalue weighted by Gasteiger charge is -2.35. The van der Waals surface area contributed by atoms with Crippen LogP contribution in [0.5, 0.6) is 0 Å². The molecule has 0 N–H and O–H groups in total. The topological polar surface area (TPSA) is 0 Å². The predicted octanol–water partition coefficient (Wildman–Crippen LogP) is 5.16. The molecule has 2 saturated carbocycles. The summed E-state index contributed by atoms with van der Waals surface area (Å²) in [5.41, 5.74) is 0.643. The minimum absolute atomic E-state index is 0.643. The van der Waals surface area contributed by atoms with Crippen LogP contribution in [0, 0.1) is 17.3 Å². The van der Waals surface area contributed by atoms with E-state index in [2.05, 4.69) is 29.8 Å². The quantitative estimate of drug-likeness (QED) is 0.610. The number of halogens is 1. The molecule has 0 nitrogen and oxygen atoms in total. The van der Waals surface area contributed by atoms with E-state index in [0.717, 1.165) is 16.7 Å². The van der Waals surface area contributed by atoms with E-state index in [4.69, 9.17) is 0 Å². The number of alkyl halides is 1. The van der Waals surface area contributed by atoms with Crippen LogP contribution in [-0.4, -0.2) is 4.83 Å². The summed E-state index contributed by atoms with van der Waals surface area (Å²) in [7, 11) is 0. The Morgan fingerprint density at radius 2 is 1.67 bits per heavy atom. The lowest BCUT2D eigenvalue weighted by atomic mass is 9.71. The fraction of sp³-hybridized carbons (Fsp3) is 1.00. The third kappa shape index (κ3) is 3.47. The van der Waals surface area contributed by atoms with Gasteiger partial charge < -0.3 is 0 Å². The lowest BCUT2D eigenvalue weighted by molar-refractivity contribution is 0.171. The van der Waals surface area contributed by atoms with Gasteiger partial charge in [0.05, 0.1) is 0 Å². The molecule has 2 atom stereocenters. The average molecular weight is 273 g/mol. The summed E-state index contributed by atoms with van der Waals surface area (Å²) in [6.45, 7) is 4.88. The van der Waals surface area contributed by atoms with Crippen LogP contribution in [0.2, 0.25) is 0 Å². The SMILES string of the molecule is CC1(C)CCC(CC2CCC(Br)C2)CC1. The van der Waals surface area contributed by atoms with Gasteiger partial charge in [0.2, 0.25) is 0 Å². The highest BCUT2D eigenvalue weighted by molar-refractivity contribution is 9.09. The van der Waals surface area contributed by atoms with Gasteiger partial charge in [0.25, 0.3) is 0 Å². The molecule has 2 fully saturated rings. The average Bonchev–Trinajstić information content (AvgIpc) is 2.55. The zero-order valence-corrected chi connectivity index (χ0v) is 11.9. The van der Waals surface area contributed by atoms with Crippen molar-refractivity contribution in [3.8, 4) is 0 Å². The van der Waals surface area contributed by atoms with E-state index in [-0.39, 0.29) is 0 Å². The van der Waals surface area contributed by atoms with Crippen molar-refractivity contribution < 1.29 is 0 Å². The number of hydrogen-bond acceptors (Lipinski definition) is 0. The molecule has 15 heavy (non-hydrogen) atoms. The van der Waals surface area contributed by atoms with E-state index in [1.807, 2.05) is 0 Å². The molecule has 0 aromatic carbocycles. The van der Waals surface area contributed by atoms with Crippen LogP contribution >= 0.6 is 15.9 Å². The highest BCUT2D eigenvalue weighted by Gasteiger charge is 2.30. The smallest absolute Gasteiger partial charge is 0.0148 e. The van der Waals surface area contributed by atoms with E-state index >= 15 is 0 Å². The summed E-state index contributed by atoms with van der Waals surface area (Å²) in [6, 6.07) is 0. The van der Waals surface area contributed by atoms with Crippen LogP contribution < -0.4 is 0 Å². The number of hydrogen-bond donors (Lipinski definition) is 0. The van der Waals surface area contributed by atoms with Crippen LogP contribution in [0.4, 0.5) is 0 Å². The summed E-state index contributed by atoms with van der Waals surface area (Å²) in [5, 5.41) is 0. The summed E-state index contributed by atoms with van der Waals surface area (Å²) >= 11 is 3.76. The molecule has 2 unspecified atom stereocenters. The molecule has 2 rings (SSSR count). The van der Waals surface area contributed by atoms with Gasteiger partial charge in [-0.15, -0.1) is 0 Å². The first-order chi connectivity index (χ1) is 7.05. The molecule has 0 spiro atoms. The molecule has 88 valence electrons. The maximum atomic E-state index is 3.76.